The van der Waals surface area contributed by atoms with Gasteiger partial charge in [-0.2, -0.15) is 0 Å². The molecule has 14 atom stereocenters. The third-order valence-corrected chi connectivity index (χ3v) is 10.9. The van der Waals surface area contributed by atoms with Crippen LogP contribution in [0, 0.1) is 0 Å². The van der Waals surface area contributed by atoms with Gasteiger partial charge in [-0.05, 0) is 71.7 Å². The minimum atomic E-state index is -2.10. The second kappa shape index (κ2) is 22.9. The quantitative estimate of drug-likeness (QED) is 0.0412. The first kappa shape index (κ1) is 50.8. The van der Waals surface area contributed by atoms with Crippen LogP contribution in [-0.2, 0) is 53.9 Å². The number of rotatable bonds is 17. The van der Waals surface area contributed by atoms with E-state index >= 15 is 0 Å². The van der Waals surface area contributed by atoms with E-state index in [1.54, 1.807) is 0 Å². The van der Waals surface area contributed by atoms with Crippen LogP contribution in [0.4, 0.5) is 0 Å². The van der Waals surface area contributed by atoms with Gasteiger partial charge >= 0.3 is 11.9 Å². The molecule has 0 unspecified atom stereocenters. The molecule has 3 heterocycles. The van der Waals surface area contributed by atoms with Gasteiger partial charge in [0, 0.05) is 12.2 Å². The Balaban J connectivity index is 1.30. The number of esters is 2. The number of carbonyl (C=O) groups excluding carboxylic acids is 2. The van der Waals surface area contributed by atoms with Crippen LogP contribution in [0.25, 0.3) is 12.2 Å². The monoisotopic (exact) mass is 948 g/mol. The molecule has 3 aliphatic heterocycles. The van der Waals surface area contributed by atoms with Gasteiger partial charge in [-0.25, -0.2) is 9.59 Å². The maximum absolute atomic E-state index is 13.5. The number of ether oxygens (including phenoxy) is 9. The summed E-state index contributed by atoms with van der Waals surface area (Å²) in [5.41, 5.74) is 1.13. The fourth-order valence-corrected chi connectivity index (χ4v) is 7.15. The maximum Gasteiger partial charge on any atom is 0.331 e. The fourth-order valence-electron chi connectivity index (χ4n) is 7.15. The first-order valence-electron chi connectivity index (χ1n) is 20.7. The number of aliphatic hydroxyl groups is 7. The van der Waals surface area contributed by atoms with Crippen molar-refractivity contribution < 1.29 is 113 Å². The summed E-state index contributed by atoms with van der Waals surface area (Å²) >= 11 is 0. The molecule has 3 aliphatic rings. The zero-order valence-corrected chi connectivity index (χ0v) is 35.5. The number of aliphatic hydroxyl groups excluding tert-OH is 7. The molecule has 0 aromatic heterocycles. The second-order valence-electron chi connectivity index (χ2n) is 15.5. The van der Waals surface area contributed by atoms with Gasteiger partial charge in [0.2, 0.25) is 0 Å². The highest BCUT2D eigenvalue weighted by Gasteiger charge is 2.55. The maximum atomic E-state index is 13.5. The molecule has 0 radical (unpaired) electrons. The van der Waals surface area contributed by atoms with Gasteiger partial charge in [0.1, 0.15) is 67.6 Å². The minimum Gasteiger partial charge on any atom is -0.504 e. The molecule has 0 aliphatic carbocycles. The van der Waals surface area contributed by atoms with E-state index in [9.17, 15) is 70.9 Å². The lowest BCUT2D eigenvalue weighted by molar-refractivity contribution is -0.386. The van der Waals surface area contributed by atoms with Gasteiger partial charge in [-0.1, -0.05) is 18.2 Å². The molecule has 6 rings (SSSR count). The molecular formula is C44H52O23. The fraction of sp³-hybridized carbons (Fsp3) is 0.455. The molecule has 3 fully saturated rings. The van der Waals surface area contributed by atoms with E-state index in [0.29, 0.717) is 11.1 Å². The molecule has 0 bridgehead atoms. The van der Waals surface area contributed by atoms with E-state index in [2.05, 4.69) is 0 Å². The van der Waals surface area contributed by atoms with Crippen LogP contribution in [-0.4, -0.2) is 193 Å². The smallest absolute Gasteiger partial charge is 0.331 e. The average Bonchev–Trinajstić information content (AvgIpc) is 3.31. The zero-order chi connectivity index (χ0) is 48.5. The standard InChI is InChI=1S/C44H52O23/c1-59-29-16-21(4-9-25(29)48)5-10-32(52)61-19-31-35(55)36(56)38(58)43(64-31)66-40-39(65-33(53)11-6-20-2-7-23(46)26(49)14-20)30(17-45)63-44(60-13-12-22-3-8-24(47)27(50)15-22)41(40)67-42-37(57)34(54)28(51)18-62-42/h2-11,14-16,28,30-31,34-51,54-58H,12-13,17-19H2,1H3/b10-5+,11-6+/t28-,30+,31+,34-,35+,36-,37+,38+,39+,40-,41+,42-,43-,44+/m0/s1. The summed E-state index contributed by atoms with van der Waals surface area (Å²) in [6, 6.07) is 11.9. The van der Waals surface area contributed by atoms with Crippen molar-refractivity contribution in [2.75, 3.05) is 33.5 Å². The van der Waals surface area contributed by atoms with Gasteiger partial charge in [0.15, 0.2) is 59.5 Å². The Hall–Kier alpha value is -5.64. The van der Waals surface area contributed by atoms with Crippen LogP contribution in [0.3, 0.4) is 0 Å². The molecular weight excluding hydrogens is 896 g/mol. The van der Waals surface area contributed by atoms with Crippen molar-refractivity contribution in [1.29, 1.82) is 0 Å². The largest absolute Gasteiger partial charge is 0.504 e. The molecule has 0 spiro atoms. The topological polar surface area (TPSA) is 360 Å². The Kier molecular flexibility index (Phi) is 17.4. The lowest BCUT2D eigenvalue weighted by Crippen LogP contribution is -2.67. The number of phenolic OH excluding ortho intramolecular Hbond substituents is 5. The molecule has 3 aromatic carbocycles. The van der Waals surface area contributed by atoms with Crippen molar-refractivity contribution in [3.05, 3.63) is 83.4 Å². The third-order valence-electron chi connectivity index (χ3n) is 10.9. The second-order valence-corrected chi connectivity index (χ2v) is 15.5. The lowest BCUT2D eigenvalue weighted by Gasteiger charge is -2.49. The molecule has 23 heteroatoms. The number of hydrogen-bond donors (Lipinski definition) is 12. The number of phenols is 5. The summed E-state index contributed by atoms with van der Waals surface area (Å²) in [6.07, 6.45) is -21.0. The average molecular weight is 949 g/mol. The Morgan fingerprint density at radius 2 is 1.25 bits per heavy atom. The summed E-state index contributed by atoms with van der Waals surface area (Å²) in [6.45, 7) is -2.47. The first-order chi connectivity index (χ1) is 32.0. The van der Waals surface area contributed by atoms with Gasteiger partial charge in [-0.3, -0.25) is 0 Å². The predicted octanol–water partition coefficient (Wildman–Crippen LogP) is -1.60. The summed E-state index contributed by atoms with van der Waals surface area (Å²) in [5.74, 6) is -3.84. The SMILES string of the molecule is COc1cc(/C=C/C(=O)OC[C@H]2O[C@@H](O[C@@H]3[C@@H](O[C@@H]4OC[C@H](O)[C@H](O)[C@H]4O)[C@H](OCCc4ccc(O)c(O)c4)O[C@H](CO)[C@H]3OC(=O)/C=C/c3ccc(O)c(O)c3)[C@H](O)[C@@H](O)[C@@H]2O)ccc1O. The molecule has 12 N–H and O–H groups in total. The first-order valence-corrected chi connectivity index (χ1v) is 20.7. The van der Waals surface area contributed by atoms with E-state index < -0.39 is 135 Å². The lowest BCUT2D eigenvalue weighted by atomic mass is 9.96. The molecule has 67 heavy (non-hydrogen) atoms. The highest BCUT2D eigenvalue weighted by Crippen LogP contribution is 2.36. The number of carbonyl (C=O) groups is 2. The summed E-state index contributed by atoms with van der Waals surface area (Å²) in [7, 11) is 1.34. The van der Waals surface area contributed by atoms with Gasteiger partial charge in [0.25, 0.3) is 0 Å². The van der Waals surface area contributed by atoms with E-state index in [-0.39, 0.29) is 35.8 Å². The Morgan fingerprint density at radius 3 is 1.93 bits per heavy atom. The highest BCUT2D eigenvalue weighted by atomic mass is 16.8. The Morgan fingerprint density at radius 1 is 0.642 bits per heavy atom. The molecule has 23 nitrogen and oxygen atoms in total. The Bertz CT molecular complexity index is 2200. The van der Waals surface area contributed by atoms with Crippen LogP contribution in [0.1, 0.15) is 16.7 Å². The number of hydrogen-bond acceptors (Lipinski definition) is 23. The van der Waals surface area contributed by atoms with Crippen molar-refractivity contribution in [1.82, 2.24) is 0 Å². The molecule has 0 amide bonds. The summed E-state index contributed by atoms with van der Waals surface area (Å²) in [5, 5.41) is 125. The van der Waals surface area contributed by atoms with Gasteiger partial charge in [-0.15, -0.1) is 0 Å². The third kappa shape index (κ3) is 12.7. The normalized spacial score (nSPS) is 31.2. The van der Waals surface area contributed by atoms with E-state index in [0.717, 1.165) is 24.3 Å². The Labute approximate surface area is 381 Å². The number of benzene rings is 3. The van der Waals surface area contributed by atoms with Crippen LogP contribution >= 0.6 is 0 Å². The van der Waals surface area contributed by atoms with E-state index in [1.807, 2.05) is 0 Å². The van der Waals surface area contributed by atoms with Crippen LogP contribution in [0.2, 0.25) is 0 Å². The van der Waals surface area contributed by atoms with Crippen LogP contribution in [0.15, 0.2) is 66.7 Å². The van der Waals surface area contributed by atoms with E-state index in [4.69, 9.17) is 42.6 Å². The molecule has 3 aromatic rings. The number of aromatic hydroxyl groups is 5. The van der Waals surface area contributed by atoms with Crippen LogP contribution in [0.5, 0.6) is 34.5 Å². The van der Waals surface area contributed by atoms with Crippen LogP contribution < -0.4 is 4.74 Å². The van der Waals surface area contributed by atoms with Crippen molar-refractivity contribution in [2.45, 2.75) is 92.4 Å². The summed E-state index contributed by atoms with van der Waals surface area (Å²) < 4.78 is 51.9. The summed E-state index contributed by atoms with van der Waals surface area (Å²) in [4.78, 5) is 26.3. The van der Waals surface area contributed by atoms with Crippen molar-refractivity contribution in [3.8, 4) is 34.5 Å². The van der Waals surface area contributed by atoms with Gasteiger partial charge in [0.05, 0.1) is 26.9 Å². The van der Waals surface area contributed by atoms with Crippen molar-refractivity contribution in [2.24, 2.45) is 0 Å². The molecule has 3 saturated heterocycles. The minimum absolute atomic E-state index is 0.0481. The van der Waals surface area contributed by atoms with Crippen molar-refractivity contribution in [3.63, 3.8) is 0 Å². The van der Waals surface area contributed by atoms with E-state index in [1.165, 1.54) is 61.7 Å². The predicted molar refractivity (Wildman–Crippen MR) is 223 cm³/mol. The molecule has 366 valence electrons. The highest BCUT2D eigenvalue weighted by molar-refractivity contribution is 5.88. The molecule has 0 saturated carbocycles. The van der Waals surface area contributed by atoms with Gasteiger partial charge < -0.3 is 104 Å². The zero-order valence-electron chi connectivity index (χ0n) is 35.5. The van der Waals surface area contributed by atoms with Crippen molar-refractivity contribution >= 4 is 24.1 Å². The number of methoxy groups -OCH3 is 1.